The van der Waals surface area contributed by atoms with Crippen molar-refractivity contribution < 1.29 is 14.3 Å². The highest BCUT2D eigenvalue weighted by molar-refractivity contribution is 5.96. The number of carbonyl (C=O) groups excluding carboxylic acids is 2. The molecule has 1 atom stereocenters. The number of anilines is 1. The van der Waals surface area contributed by atoms with Gasteiger partial charge in [0.2, 0.25) is 5.91 Å². The van der Waals surface area contributed by atoms with E-state index in [0.29, 0.717) is 24.5 Å². The molecule has 2 aliphatic heterocycles. The van der Waals surface area contributed by atoms with Gasteiger partial charge in [0.1, 0.15) is 5.82 Å². The van der Waals surface area contributed by atoms with Crippen LogP contribution in [-0.2, 0) is 16.1 Å². The molecular formula is C24H30N4O3. The standard InChI is InChI=1S/C24H30N4O3/c1-18-7-8-22(25-15-18)26-23(29)21-6-3-9-28(17-21)24(30)20-5-2-4-19(14-20)16-27-10-12-31-13-11-27/h2,4-5,7-8,14-15,21H,3,6,9-13,16-17H2,1H3,(H,25,26,29). The number of amides is 2. The van der Waals surface area contributed by atoms with Crippen LogP contribution in [-0.4, -0.2) is 66.0 Å². The van der Waals surface area contributed by atoms with Gasteiger partial charge < -0.3 is 15.0 Å². The third kappa shape index (κ3) is 5.68. The molecule has 1 N–H and O–H groups in total. The molecule has 0 spiro atoms. The van der Waals surface area contributed by atoms with Crippen molar-refractivity contribution in [2.75, 3.05) is 44.7 Å². The molecule has 0 bridgehead atoms. The van der Waals surface area contributed by atoms with Crippen LogP contribution in [0.15, 0.2) is 42.6 Å². The molecule has 1 unspecified atom stereocenters. The van der Waals surface area contributed by atoms with E-state index < -0.39 is 0 Å². The third-order valence-corrected chi connectivity index (χ3v) is 5.93. The lowest BCUT2D eigenvalue weighted by Crippen LogP contribution is -2.43. The number of pyridine rings is 1. The number of aryl methyl sites for hydroxylation is 1. The largest absolute Gasteiger partial charge is 0.379 e. The van der Waals surface area contributed by atoms with Gasteiger partial charge in [-0.3, -0.25) is 14.5 Å². The number of ether oxygens (including phenoxy) is 1. The molecule has 7 heteroatoms. The molecule has 2 aromatic rings. The molecule has 31 heavy (non-hydrogen) atoms. The van der Waals surface area contributed by atoms with E-state index in [1.165, 1.54) is 0 Å². The summed E-state index contributed by atoms with van der Waals surface area (Å²) < 4.78 is 5.41. The number of hydrogen-bond donors (Lipinski definition) is 1. The smallest absolute Gasteiger partial charge is 0.253 e. The molecule has 164 valence electrons. The Hall–Kier alpha value is -2.77. The zero-order valence-corrected chi connectivity index (χ0v) is 18.0. The lowest BCUT2D eigenvalue weighted by atomic mass is 9.96. The highest BCUT2D eigenvalue weighted by atomic mass is 16.5. The molecule has 0 saturated carbocycles. The Morgan fingerprint density at radius 3 is 2.77 bits per heavy atom. The first-order valence-corrected chi connectivity index (χ1v) is 11.0. The first-order chi connectivity index (χ1) is 15.1. The lowest BCUT2D eigenvalue weighted by Gasteiger charge is -2.32. The average molecular weight is 423 g/mol. The van der Waals surface area contributed by atoms with Crippen molar-refractivity contribution in [1.29, 1.82) is 0 Å². The summed E-state index contributed by atoms with van der Waals surface area (Å²) in [6.07, 6.45) is 3.33. The Balaban J connectivity index is 1.37. The molecule has 1 aromatic heterocycles. The SMILES string of the molecule is Cc1ccc(NC(=O)C2CCCN(C(=O)c3cccc(CN4CCOCC4)c3)C2)nc1. The molecule has 2 saturated heterocycles. The summed E-state index contributed by atoms with van der Waals surface area (Å²) in [5.74, 6) is 0.247. The van der Waals surface area contributed by atoms with Crippen molar-refractivity contribution >= 4 is 17.6 Å². The van der Waals surface area contributed by atoms with Gasteiger partial charge in [0.25, 0.3) is 5.91 Å². The number of hydrogen-bond acceptors (Lipinski definition) is 5. The van der Waals surface area contributed by atoms with E-state index in [1.54, 1.807) is 12.3 Å². The molecule has 2 amide bonds. The maximum absolute atomic E-state index is 13.2. The van der Waals surface area contributed by atoms with Crippen LogP contribution in [0.25, 0.3) is 0 Å². The van der Waals surface area contributed by atoms with Crippen molar-refractivity contribution in [3.05, 3.63) is 59.3 Å². The number of carbonyl (C=O) groups is 2. The van der Waals surface area contributed by atoms with Crippen LogP contribution in [0.3, 0.4) is 0 Å². The fourth-order valence-corrected chi connectivity index (χ4v) is 4.15. The van der Waals surface area contributed by atoms with E-state index in [2.05, 4.69) is 21.3 Å². The quantitative estimate of drug-likeness (QED) is 0.802. The molecule has 2 fully saturated rings. The Morgan fingerprint density at radius 1 is 1.16 bits per heavy atom. The average Bonchev–Trinajstić information content (AvgIpc) is 2.81. The molecular weight excluding hydrogens is 392 g/mol. The Morgan fingerprint density at radius 2 is 2.00 bits per heavy atom. The van der Waals surface area contributed by atoms with Crippen LogP contribution in [0.2, 0.25) is 0 Å². The highest BCUT2D eigenvalue weighted by Crippen LogP contribution is 2.21. The van der Waals surface area contributed by atoms with Crippen LogP contribution < -0.4 is 5.32 Å². The molecule has 0 radical (unpaired) electrons. The number of nitrogens with zero attached hydrogens (tertiary/aromatic N) is 3. The van der Waals surface area contributed by atoms with Crippen molar-refractivity contribution in [2.45, 2.75) is 26.3 Å². The van der Waals surface area contributed by atoms with Gasteiger partial charge in [-0.15, -0.1) is 0 Å². The monoisotopic (exact) mass is 422 g/mol. The molecule has 2 aliphatic rings. The topological polar surface area (TPSA) is 74.8 Å². The fraction of sp³-hybridized carbons (Fsp3) is 0.458. The van der Waals surface area contributed by atoms with Crippen molar-refractivity contribution in [3.63, 3.8) is 0 Å². The van der Waals surface area contributed by atoms with Crippen molar-refractivity contribution in [1.82, 2.24) is 14.8 Å². The number of morpholine rings is 1. The van der Waals surface area contributed by atoms with Gasteiger partial charge in [-0.2, -0.15) is 0 Å². The summed E-state index contributed by atoms with van der Waals surface area (Å²) >= 11 is 0. The second-order valence-electron chi connectivity index (χ2n) is 8.39. The predicted octanol–water partition coefficient (Wildman–Crippen LogP) is 2.71. The zero-order chi connectivity index (χ0) is 21.6. The van der Waals surface area contributed by atoms with E-state index in [1.807, 2.05) is 36.1 Å². The second-order valence-corrected chi connectivity index (χ2v) is 8.39. The summed E-state index contributed by atoms with van der Waals surface area (Å²) in [4.78, 5) is 34.3. The van der Waals surface area contributed by atoms with Crippen LogP contribution in [0, 0.1) is 12.8 Å². The van der Waals surface area contributed by atoms with Gasteiger partial charge in [0.15, 0.2) is 0 Å². The minimum atomic E-state index is -0.225. The number of likely N-dealkylation sites (tertiary alicyclic amines) is 1. The normalized spacial score (nSPS) is 19.8. The summed E-state index contributed by atoms with van der Waals surface area (Å²) in [7, 11) is 0. The van der Waals surface area contributed by atoms with Gasteiger partial charge in [-0.1, -0.05) is 18.2 Å². The van der Waals surface area contributed by atoms with Gasteiger partial charge in [-0.05, 0) is 49.1 Å². The van der Waals surface area contributed by atoms with Crippen LogP contribution in [0.1, 0.15) is 34.3 Å². The molecule has 0 aliphatic carbocycles. The van der Waals surface area contributed by atoms with E-state index in [4.69, 9.17) is 4.74 Å². The lowest BCUT2D eigenvalue weighted by molar-refractivity contribution is -0.121. The van der Waals surface area contributed by atoms with Crippen molar-refractivity contribution in [2.24, 2.45) is 5.92 Å². The number of nitrogens with one attached hydrogen (secondary N) is 1. The number of benzene rings is 1. The Kier molecular flexibility index (Phi) is 6.94. The molecule has 3 heterocycles. The summed E-state index contributed by atoms with van der Waals surface area (Å²) in [5.41, 5.74) is 2.86. The Bertz CT molecular complexity index is 909. The Labute approximate surface area is 183 Å². The van der Waals surface area contributed by atoms with E-state index in [-0.39, 0.29) is 17.7 Å². The fourth-order valence-electron chi connectivity index (χ4n) is 4.15. The number of piperidine rings is 1. The van der Waals surface area contributed by atoms with Crippen LogP contribution in [0.4, 0.5) is 5.82 Å². The van der Waals surface area contributed by atoms with Gasteiger partial charge in [-0.25, -0.2) is 4.98 Å². The summed E-state index contributed by atoms with van der Waals surface area (Å²) in [5, 5.41) is 2.89. The van der Waals surface area contributed by atoms with E-state index in [9.17, 15) is 9.59 Å². The van der Waals surface area contributed by atoms with Gasteiger partial charge >= 0.3 is 0 Å². The third-order valence-electron chi connectivity index (χ3n) is 5.93. The van der Waals surface area contributed by atoms with Gasteiger partial charge in [0, 0.05) is 44.5 Å². The highest BCUT2D eigenvalue weighted by Gasteiger charge is 2.29. The van der Waals surface area contributed by atoms with Gasteiger partial charge in [0.05, 0.1) is 19.1 Å². The maximum atomic E-state index is 13.2. The van der Waals surface area contributed by atoms with E-state index >= 15 is 0 Å². The van der Waals surface area contributed by atoms with Crippen LogP contribution >= 0.6 is 0 Å². The van der Waals surface area contributed by atoms with Crippen LogP contribution in [0.5, 0.6) is 0 Å². The second kappa shape index (κ2) is 10.0. The van der Waals surface area contributed by atoms with Crippen molar-refractivity contribution in [3.8, 4) is 0 Å². The molecule has 4 rings (SSSR count). The summed E-state index contributed by atoms with van der Waals surface area (Å²) in [6, 6.07) is 11.6. The molecule has 7 nitrogen and oxygen atoms in total. The first-order valence-electron chi connectivity index (χ1n) is 11.0. The maximum Gasteiger partial charge on any atom is 0.253 e. The van der Waals surface area contributed by atoms with E-state index in [0.717, 1.165) is 56.8 Å². The first kappa shape index (κ1) is 21.5. The minimum Gasteiger partial charge on any atom is -0.379 e. The number of rotatable bonds is 5. The predicted molar refractivity (Wildman–Crippen MR) is 119 cm³/mol. The minimum absolute atomic E-state index is 0.00483. The summed E-state index contributed by atoms with van der Waals surface area (Å²) in [6.45, 7) is 7.23. The molecule has 1 aromatic carbocycles. The zero-order valence-electron chi connectivity index (χ0n) is 18.0. The number of aromatic nitrogens is 1.